The molecule has 4 bridgehead atoms. The molecule has 0 radical (unpaired) electrons. The Bertz CT molecular complexity index is 1510. The number of benzene rings is 4. The van der Waals surface area contributed by atoms with Crippen LogP contribution in [0.5, 0.6) is 0 Å². The van der Waals surface area contributed by atoms with Crippen molar-refractivity contribution in [3.8, 4) is 33.4 Å². The average Bonchev–Trinajstić information content (AvgIpc) is 3.41. The van der Waals surface area contributed by atoms with Gasteiger partial charge in [-0.25, -0.2) is 0 Å². The molecule has 0 atom stereocenters. The zero-order valence-corrected chi connectivity index (χ0v) is 20.1. The Hall–Kier alpha value is -3.12. The molecule has 35 heavy (non-hydrogen) atoms. The van der Waals surface area contributed by atoms with Gasteiger partial charge in [0, 0.05) is 5.41 Å². The maximum absolute atomic E-state index is 2.56. The van der Waals surface area contributed by atoms with E-state index < -0.39 is 0 Å². The largest absolute Gasteiger partial charge is 0.0619 e. The number of hydrogen-bond acceptors (Lipinski definition) is 0. The summed E-state index contributed by atoms with van der Waals surface area (Å²) < 4.78 is 0. The summed E-state index contributed by atoms with van der Waals surface area (Å²) in [5.74, 6) is 3.65. The second kappa shape index (κ2) is 6.55. The second-order valence-corrected chi connectivity index (χ2v) is 12.2. The zero-order chi connectivity index (χ0) is 22.7. The fourth-order valence-corrected chi connectivity index (χ4v) is 9.76. The molecular weight excluding hydrogens is 420 g/mol. The first-order valence-electron chi connectivity index (χ1n) is 13.8. The molecule has 1 spiro atoms. The molecule has 0 nitrogen and oxygen atoms in total. The Morgan fingerprint density at radius 1 is 0.514 bits per heavy atom. The van der Waals surface area contributed by atoms with E-state index in [4.69, 9.17) is 0 Å². The van der Waals surface area contributed by atoms with E-state index in [1.165, 1.54) is 76.6 Å². The standard InChI is InChI=1S/C35H30/c1-2-8-28-23(6-1)19-25-7-5-10-29(34(25)28)24-12-13-33-31(20-24)30-9-3-4-11-32(30)35(33)26-15-21-14-22(17-26)18-27(35)16-21/h1-13,20-22,26-27H,14-19H2. The van der Waals surface area contributed by atoms with Gasteiger partial charge in [0.15, 0.2) is 0 Å². The van der Waals surface area contributed by atoms with Crippen LogP contribution in [0.25, 0.3) is 33.4 Å². The summed E-state index contributed by atoms with van der Waals surface area (Å²) in [6, 6.07) is 33.0. The van der Waals surface area contributed by atoms with E-state index in [2.05, 4.69) is 84.9 Å². The molecule has 0 unspecified atom stereocenters. The summed E-state index contributed by atoms with van der Waals surface area (Å²) in [6.07, 6.45) is 8.37. The first kappa shape index (κ1) is 19.1. The highest BCUT2D eigenvalue weighted by Crippen LogP contribution is 2.69. The van der Waals surface area contributed by atoms with Gasteiger partial charge in [0.1, 0.15) is 0 Å². The average molecular weight is 451 g/mol. The molecule has 0 heterocycles. The van der Waals surface area contributed by atoms with Crippen LogP contribution in [0, 0.1) is 23.7 Å². The molecule has 4 aromatic carbocycles. The van der Waals surface area contributed by atoms with E-state index in [-0.39, 0.29) is 5.41 Å². The van der Waals surface area contributed by atoms with Crippen LogP contribution in [-0.4, -0.2) is 0 Å². The molecule has 170 valence electrons. The third kappa shape index (κ3) is 2.30. The maximum Gasteiger partial charge on any atom is 0.0271 e. The van der Waals surface area contributed by atoms with Crippen molar-refractivity contribution in [2.45, 2.75) is 43.9 Å². The van der Waals surface area contributed by atoms with Crippen LogP contribution in [0.3, 0.4) is 0 Å². The van der Waals surface area contributed by atoms with Crippen LogP contribution in [0.4, 0.5) is 0 Å². The highest BCUT2D eigenvalue weighted by atomic mass is 14.6. The molecule has 4 aromatic rings. The second-order valence-electron chi connectivity index (χ2n) is 12.2. The van der Waals surface area contributed by atoms with Crippen molar-refractivity contribution in [1.29, 1.82) is 0 Å². The van der Waals surface area contributed by atoms with Crippen LogP contribution in [0.15, 0.2) is 84.9 Å². The van der Waals surface area contributed by atoms with Gasteiger partial charge in [-0.05, 0) is 124 Å². The number of fused-ring (bicyclic) bond motifs is 6. The predicted molar refractivity (Wildman–Crippen MR) is 143 cm³/mol. The van der Waals surface area contributed by atoms with Crippen molar-refractivity contribution in [2.75, 3.05) is 0 Å². The molecular formula is C35H30. The Labute approximate surface area is 208 Å². The van der Waals surface area contributed by atoms with Gasteiger partial charge in [-0.2, -0.15) is 0 Å². The number of rotatable bonds is 1. The zero-order valence-electron chi connectivity index (χ0n) is 20.1. The first-order valence-corrected chi connectivity index (χ1v) is 13.8. The minimum atomic E-state index is 0.267. The molecule has 6 aliphatic rings. The van der Waals surface area contributed by atoms with E-state index in [1.54, 1.807) is 11.1 Å². The molecule has 4 saturated carbocycles. The van der Waals surface area contributed by atoms with Crippen LogP contribution in [0.2, 0.25) is 0 Å². The van der Waals surface area contributed by atoms with Crippen LogP contribution < -0.4 is 0 Å². The van der Waals surface area contributed by atoms with Gasteiger partial charge in [0.05, 0.1) is 0 Å². The lowest BCUT2D eigenvalue weighted by Crippen LogP contribution is -2.55. The minimum absolute atomic E-state index is 0.267. The molecule has 0 heteroatoms. The van der Waals surface area contributed by atoms with Crippen molar-refractivity contribution in [3.63, 3.8) is 0 Å². The lowest BCUT2D eigenvalue weighted by atomic mass is 9.43. The molecule has 0 N–H and O–H groups in total. The monoisotopic (exact) mass is 450 g/mol. The Morgan fingerprint density at radius 3 is 2.00 bits per heavy atom. The van der Waals surface area contributed by atoms with E-state index in [1.807, 2.05) is 0 Å². The molecule has 0 aliphatic heterocycles. The van der Waals surface area contributed by atoms with Crippen LogP contribution in [-0.2, 0) is 11.8 Å². The van der Waals surface area contributed by atoms with Gasteiger partial charge >= 0.3 is 0 Å². The molecule has 0 amide bonds. The van der Waals surface area contributed by atoms with Crippen molar-refractivity contribution in [2.24, 2.45) is 23.7 Å². The highest BCUT2D eigenvalue weighted by molar-refractivity contribution is 5.93. The molecule has 4 fully saturated rings. The smallest absolute Gasteiger partial charge is 0.0271 e. The third-order valence-electron chi connectivity index (χ3n) is 10.7. The topological polar surface area (TPSA) is 0 Å². The van der Waals surface area contributed by atoms with Gasteiger partial charge in [0.25, 0.3) is 0 Å². The van der Waals surface area contributed by atoms with Gasteiger partial charge < -0.3 is 0 Å². The van der Waals surface area contributed by atoms with Crippen LogP contribution in [0.1, 0.15) is 54.4 Å². The SMILES string of the molecule is c1ccc2c(c1)Cc1cccc(-c3ccc4c(c3)-c3ccccc3C43C4CC5CC(C4)CC3C5)c1-2. The van der Waals surface area contributed by atoms with E-state index in [0.29, 0.717) is 0 Å². The van der Waals surface area contributed by atoms with Gasteiger partial charge in [-0.1, -0.05) is 78.9 Å². The predicted octanol–water partition coefficient (Wildman–Crippen LogP) is 8.65. The quantitative estimate of drug-likeness (QED) is 0.240. The summed E-state index contributed by atoms with van der Waals surface area (Å²) in [4.78, 5) is 0. The van der Waals surface area contributed by atoms with Gasteiger partial charge in [0.2, 0.25) is 0 Å². The highest BCUT2D eigenvalue weighted by Gasteiger charge is 2.61. The Balaban J connectivity index is 1.27. The summed E-state index contributed by atoms with van der Waals surface area (Å²) in [6.45, 7) is 0. The molecule has 6 aliphatic carbocycles. The van der Waals surface area contributed by atoms with Crippen LogP contribution >= 0.6 is 0 Å². The van der Waals surface area contributed by atoms with Crippen molar-refractivity contribution in [1.82, 2.24) is 0 Å². The van der Waals surface area contributed by atoms with Crippen molar-refractivity contribution < 1.29 is 0 Å². The number of hydrogen-bond donors (Lipinski definition) is 0. The summed E-state index contributed by atoms with van der Waals surface area (Å²) >= 11 is 0. The maximum atomic E-state index is 2.56. The third-order valence-corrected chi connectivity index (χ3v) is 10.7. The fourth-order valence-electron chi connectivity index (χ4n) is 9.76. The van der Waals surface area contributed by atoms with E-state index in [0.717, 1.165) is 30.1 Å². The summed E-state index contributed by atoms with van der Waals surface area (Å²) in [5.41, 5.74) is 15.2. The van der Waals surface area contributed by atoms with Gasteiger partial charge in [-0.3, -0.25) is 0 Å². The lowest BCUT2D eigenvalue weighted by Gasteiger charge is -2.61. The van der Waals surface area contributed by atoms with Gasteiger partial charge in [-0.15, -0.1) is 0 Å². The first-order chi connectivity index (χ1) is 17.3. The summed E-state index contributed by atoms with van der Waals surface area (Å²) in [7, 11) is 0. The van der Waals surface area contributed by atoms with E-state index in [9.17, 15) is 0 Å². The Morgan fingerprint density at radius 2 is 1.17 bits per heavy atom. The molecule has 0 aromatic heterocycles. The lowest BCUT2D eigenvalue weighted by molar-refractivity contribution is -0.0399. The summed E-state index contributed by atoms with van der Waals surface area (Å²) in [5, 5.41) is 0. The normalized spacial score (nSPS) is 30.3. The van der Waals surface area contributed by atoms with E-state index >= 15 is 0 Å². The Kier molecular flexibility index (Phi) is 3.58. The molecule has 0 saturated heterocycles. The molecule has 10 rings (SSSR count). The van der Waals surface area contributed by atoms with Crippen molar-refractivity contribution in [3.05, 3.63) is 107 Å². The minimum Gasteiger partial charge on any atom is -0.0619 e. The fraction of sp³-hybridized carbons (Fsp3) is 0.314. The van der Waals surface area contributed by atoms with Crippen molar-refractivity contribution >= 4 is 0 Å².